The van der Waals surface area contributed by atoms with E-state index in [9.17, 15) is 0 Å². The van der Waals surface area contributed by atoms with Crippen molar-refractivity contribution in [2.24, 2.45) is 0 Å². The molecule has 0 spiro atoms. The van der Waals surface area contributed by atoms with Crippen LogP contribution < -0.4 is 4.74 Å². The minimum atomic E-state index is 0.440. The van der Waals surface area contributed by atoms with Gasteiger partial charge in [0.15, 0.2) is 0 Å². The molecule has 17 heavy (non-hydrogen) atoms. The monoisotopic (exact) mass is 243 g/mol. The molecule has 0 atom stereocenters. The van der Waals surface area contributed by atoms with Gasteiger partial charge in [0.1, 0.15) is 12.4 Å². The molecule has 0 amide bonds. The number of halogens is 1. The lowest BCUT2D eigenvalue weighted by molar-refractivity contribution is 0.306. The summed E-state index contributed by atoms with van der Waals surface area (Å²) in [6.45, 7) is 0.440. The van der Waals surface area contributed by atoms with Crippen molar-refractivity contribution < 1.29 is 4.74 Å². The first-order valence-electron chi connectivity index (χ1n) is 5.16. The van der Waals surface area contributed by atoms with Gasteiger partial charge in [-0.3, -0.25) is 0 Å². The van der Waals surface area contributed by atoms with Gasteiger partial charge < -0.3 is 4.74 Å². The number of hydrogen-bond acceptors (Lipinski definition) is 2. The highest BCUT2D eigenvalue weighted by molar-refractivity contribution is 6.32. The number of nitriles is 1. The molecule has 3 heteroatoms. The molecular weight excluding hydrogens is 234 g/mol. The van der Waals surface area contributed by atoms with Crippen LogP contribution in [-0.2, 0) is 6.61 Å². The number of nitrogens with zero attached hydrogens (tertiary/aromatic N) is 1. The van der Waals surface area contributed by atoms with E-state index in [0.717, 1.165) is 5.56 Å². The van der Waals surface area contributed by atoms with Gasteiger partial charge in [-0.1, -0.05) is 41.9 Å². The van der Waals surface area contributed by atoms with E-state index in [1.807, 2.05) is 30.3 Å². The zero-order valence-electron chi connectivity index (χ0n) is 9.06. The third-order valence-electron chi connectivity index (χ3n) is 2.30. The van der Waals surface area contributed by atoms with Crippen LogP contribution in [0.5, 0.6) is 5.75 Å². The Morgan fingerprint density at radius 1 is 1.12 bits per heavy atom. The molecule has 0 unspecified atom stereocenters. The quantitative estimate of drug-likeness (QED) is 0.822. The van der Waals surface area contributed by atoms with Crippen LogP contribution in [0, 0.1) is 11.3 Å². The largest absolute Gasteiger partial charge is 0.487 e. The molecule has 0 aliphatic rings. The lowest BCUT2D eigenvalue weighted by Gasteiger charge is -2.08. The molecule has 0 bridgehead atoms. The second kappa shape index (κ2) is 5.38. The van der Waals surface area contributed by atoms with E-state index in [1.165, 1.54) is 0 Å². The summed E-state index contributed by atoms with van der Waals surface area (Å²) in [5, 5.41) is 9.30. The summed E-state index contributed by atoms with van der Waals surface area (Å²) < 4.78 is 5.58. The molecule has 0 aliphatic heterocycles. The normalized spacial score (nSPS) is 9.65. The Labute approximate surface area is 105 Å². The molecule has 0 saturated carbocycles. The van der Waals surface area contributed by atoms with Gasteiger partial charge in [-0.05, 0) is 23.8 Å². The molecule has 0 heterocycles. The average Bonchev–Trinajstić information content (AvgIpc) is 2.39. The maximum absolute atomic E-state index is 8.79. The van der Waals surface area contributed by atoms with E-state index in [0.29, 0.717) is 22.9 Å². The number of hydrogen-bond donors (Lipinski definition) is 0. The number of benzene rings is 2. The highest BCUT2D eigenvalue weighted by Crippen LogP contribution is 2.26. The second-order valence-corrected chi connectivity index (χ2v) is 3.94. The lowest BCUT2D eigenvalue weighted by atomic mass is 10.2. The third-order valence-corrected chi connectivity index (χ3v) is 2.61. The molecule has 0 N–H and O–H groups in total. The highest BCUT2D eigenvalue weighted by Gasteiger charge is 2.03. The van der Waals surface area contributed by atoms with Gasteiger partial charge in [-0.25, -0.2) is 0 Å². The van der Waals surface area contributed by atoms with Crippen LogP contribution in [0.4, 0.5) is 0 Å². The van der Waals surface area contributed by atoms with Gasteiger partial charge in [-0.15, -0.1) is 0 Å². The Morgan fingerprint density at radius 3 is 2.59 bits per heavy atom. The van der Waals surface area contributed by atoms with Crippen LogP contribution in [0.3, 0.4) is 0 Å². The van der Waals surface area contributed by atoms with E-state index >= 15 is 0 Å². The minimum absolute atomic E-state index is 0.440. The summed E-state index contributed by atoms with van der Waals surface area (Å²) in [6.07, 6.45) is 0. The van der Waals surface area contributed by atoms with Gasteiger partial charge in [0.2, 0.25) is 0 Å². The number of ether oxygens (including phenoxy) is 1. The van der Waals surface area contributed by atoms with Crippen molar-refractivity contribution in [3.8, 4) is 11.8 Å². The summed E-state index contributed by atoms with van der Waals surface area (Å²) in [5.41, 5.74) is 1.60. The summed E-state index contributed by atoms with van der Waals surface area (Å²) in [4.78, 5) is 0. The van der Waals surface area contributed by atoms with Crippen LogP contribution in [0.1, 0.15) is 11.1 Å². The van der Waals surface area contributed by atoms with Crippen molar-refractivity contribution in [3.63, 3.8) is 0 Å². The van der Waals surface area contributed by atoms with Gasteiger partial charge in [0.05, 0.1) is 16.7 Å². The fraction of sp³-hybridized carbons (Fsp3) is 0.0714. The standard InChI is InChI=1S/C14H10ClNO/c15-13-7-6-12(9-16)8-14(13)17-10-11-4-2-1-3-5-11/h1-8H,10H2. The predicted molar refractivity (Wildman–Crippen MR) is 66.9 cm³/mol. The van der Waals surface area contributed by atoms with Crippen molar-refractivity contribution in [1.82, 2.24) is 0 Å². The van der Waals surface area contributed by atoms with Crippen molar-refractivity contribution in [3.05, 3.63) is 64.7 Å². The molecule has 0 aliphatic carbocycles. The Kier molecular flexibility index (Phi) is 3.64. The Balaban J connectivity index is 2.12. The molecule has 0 fully saturated rings. The molecule has 84 valence electrons. The fourth-order valence-corrected chi connectivity index (χ4v) is 1.59. The van der Waals surface area contributed by atoms with Crippen molar-refractivity contribution in [2.45, 2.75) is 6.61 Å². The second-order valence-electron chi connectivity index (χ2n) is 3.53. The maximum atomic E-state index is 8.79. The molecule has 0 aromatic heterocycles. The molecule has 2 aromatic carbocycles. The lowest BCUT2D eigenvalue weighted by Crippen LogP contribution is -1.95. The first-order chi connectivity index (χ1) is 8.29. The SMILES string of the molecule is N#Cc1ccc(Cl)c(OCc2ccccc2)c1. The van der Waals surface area contributed by atoms with Gasteiger partial charge in [0.25, 0.3) is 0 Å². The van der Waals surface area contributed by atoms with Crippen molar-refractivity contribution >= 4 is 11.6 Å². The van der Waals surface area contributed by atoms with Crippen LogP contribution in [0.15, 0.2) is 48.5 Å². The summed E-state index contributed by atoms with van der Waals surface area (Å²) in [6, 6.07) is 16.8. The Hall–Kier alpha value is -1.98. The maximum Gasteiger partial charge on any atom is 0.139 e. The minimum Gasteiger partial charge on any atom is -0.487 e. The number of rotatable bonds is 3. The first kappa shape index (κ1) is 11.5. The van der Waals surface area contributed by atoms with Gasteiger partial charge in [0, 0.05) is 0 Å². The summed E-state index contributed by atoms with van der Waals surface area (Å²) >= 11 is 5.99. The Bertz CT molecular complexity index is 546. The molecule has 0 radical (unpaired) electrons. The van der Waals surface area contributed by atoms with Gasteiger partial charge >= 0.3 is 0 Å². The zero-order chi connectivity index (χ0) is 12.1. The van der Waals surface area contributed by atoms with Crippen LogP contribution in [0.2, 0.25) is 5.02 Å². The van der Waals surface area contributed by atoms with Crippen molar-refractivity contribution in [2.75, 3.05) is 0 Å². The molecule has 2 nitrogen and oxygen atoms in total. The van der Waals surface area contributed by atoms with Gasteiger partial charge in [-0.2, -0.15) is 5.26 Å². The fourth-order valence-electron chi connectivity index (χ4n) is 1.42. The van der Waals surface area contributed by atoms with E-state index < -0.39 is 0 Å². The van der Waals surface area contributed by atoms with Crippen LogP contribution in [0.25, 0.3) is 0 Å². The molecule has 0 saturated heterocycles. The van der Waals surface area contributed by atoms with E-state index in [1.54, 1.807) is 18.2 Å². The average molecular weight is 244 g/mol. The first-order valence-corrected chi connectivity index (χ1v) is 5.54. The molecule has 2 aromatic rings. The van der Waals surface area contributed by atoms with E-state index in [4.69, 9.17) is 21.6 Å². The zero-order valence-corrected chi connectivity index (χ0v) is 9.82. The summed E-state index contributed by atoms with van der Waals surface area (Å²) in [7, 11) is 0. The van der Waals surface area contributed by atoms with E-state index in [2.05, 4.69) is 6.07 Å². The Morgan fingerprint density at radius 2 is 1.88 bits per heavy atom. The highest BCUT2D eigenvalue weighted by atomic mass is 35.5. The predicted octanol–water partition coefficient (Wildman–Crippen LogP) is 3.79. The summed E-state index contributed by atoms with van der Waals surface area (Å²) in [5.74, 6) is 0.537. The van der Waals surface area contributed by atoms with Crippen LogP contribution in [-0.4, -0.2) is 0 Å². The van der Waals surface area contributed by atoms with E-state index in [-0.39, 0.29) is 0 Å². The molecular formula is C14H10ClNO. The smallest absolute Gasteiger partial charge is 0.139 e. The van der Waals surface area contributed by atoms with Crippen LogP contribution >= 0.6 is 11.6 Å². The topological polar surface area (TPSA) is 33.0 Å². The van der Waals surface area contributed by atoms with Crippen molar-refractivity contribution in [1.29, 1.82) is 5.26 Å². The molecule has 2 rings (SSSR count). The third kappa shape index (κ3) is 2.99.